The maximum Gasteiger partial charge on any atom is 0.416 e. The molecule has 0 bridgehead atoms. The summed E-state index contributed by atoms with van der Waals surface area (Å²) in [6.45, 7) is 0. The number of nitrogens with zero attached hydrogens (tertiary/aromatic N) is 1. The second-order valence-corrected chi connectivity index (χ2v) is 8.40. The van der Waals surface area contributed by atoms with Gasteiger partial charge in [-0.1, -0.05) is 48.6 Å². The maximum absolute atomic E-state index is 13.0. The minimum Gasteiger partial charge on any atom is -0.322 e. The summed E-state index contributed by atoms with van der Waals surface area (Å²) in [7, 11) is 0. The minimum atomic E-state index is -4.54. The molecular weight excluding hydrogens is 518 g/mol. The van der Waals surface area contributed by atoms with Crippen LogP contribution in [-0.4, -0.2) is 10.9 Å². The zero-order valence-electron chi connectivity index (χ0n) is 20.1. The zero-order valence-corrected chi connectivity index (χ0v) is 20.1. The van der Waals surface area contributed by atoms with E-state index in [0.717, 1.165) is 35.4 Å². The van der Waals surface area contributed by atoms with Gasteiger partial charge >= 0.3 is 12.4 Å². The van der Waals surface area contributed by atoms with Crippen molar-refractivity contribution in [2.45, 2.75) is 12.4 Å². The molecule has 0 atom stereocenters. The van der Waals surface area contributed by atoms with Crippen molar-refractivity contribution in [1.29, 1.82) is 0 Å². The number of nitrogens with one attached hydrogen (secondary N) is 1. The summed E-state index contributed by atoms with van der Waals surface area (Å²) in [5.41, 5.74) is 1.60. The lowest BCUT2D eigenvalue weighted by atomic mass is 9.95. The van der Waals surface area contributed by atoms with Crippen LogP contribution in [0, 0.1) is 0 Å². The van der Waals surface area contributed by atoms with Crippen LogP contribution in [0.3, 0.4) is 0 Å². The molecular formula is C30H20F6N2O. The number of allylic oxidation sites excluding steroid dienone is 2. The highest BCUT2D eigenvalue weighted by Crippen LogP contribution is 2.33. The number of rotatable bonds is 6. The normalized spacial score (nSPS) is 11.8. The Balaban J connectivity index is 1.58. The van der Waals surface area contributed by atoms with Gasteiger partial charge in [0.15, 0.2) is 0 Å². The first-order valence-corrected chi connectivity index (χ1v) is 11.6. The predicted octanol–water partition coefficient (Wildman–Crippen LogP) is 8.41. The molecule has 1 N–H and O–H groups in total. The van der Waals surface area contributed by atoms with Crippen LogP contribution in [0.25, 0.3) is 16.7 Å². The van der Waals surface area contributed by atoms with Gasteiger partial charge in [-0.25, -0.2) is 0 Å². The highest BCUT2D eigenvalue weighted by Gasteiger charge is 2.31. The first-order valence-electron chi connectivity index (χ1n) is 11.6. The molecule has 0 aliphatic heterocycles. The third kappa shape index (κ3) is 7.22. The van der Waals surface area contributed by atoms with Crippen LogP contribution in [0.4, 0.5) is 32.0 Å². The summed E-state index contributed by atoms with van der Waals surface area (Å²) >= 11 is 0. The van der Waals surface area contributed by atoms with Crippen molar-refractivity contribution in [1.82, 2.24) is 4.98 Å². The minimum absolute atomic E-state index is 0.331. The molecule has 9 heteroatoms. The van der Waals surface area contributed by atoms with E-state index in [0.29, 0.717) is 22.4 Å². The van der Waals surface area contributed by atoms with Crippen molar-refractivity contribution in [3.05, 3.63) is 138 Å². The van der Waals surface area contributed by atoms with E-state index in [9.17, 15) is 31.1 Å². The number of pyridine rings is 1. The Morgan fingerprint density at radius 2 is 1.23 bits per heavy atom. The SMILES string of the molecule is O=C(/C=C/C=C(c1ccc(C(F)(F)F)cc1)c1ccc(C(F)(F)F)cc1)Nc1cccc(-c2ccncc2)c1. The lowest BCUT2D eigenvalue weighted by Crippen LogP contribution is -2.07. The van der Waals surface area contributed by atoms with E-state index < -0.39 is 29.4 Å². The summed E-state index contributed by atoms with van der Waals surface area (Å²) in [6, 6.07) is 19.3. The van der Waals surface area contributed by atoms with Crippen LogP contribution in [-0.2, 0) is 17.1 Å². The number of carbonyl (C=O) groups excluding carboxylic acids is 1. The number of anilines is 1. The van der Waals surface area contributed by atoms with Gasteiger partial charge in [-0.3, -0.25) is 9.78 Å². The Hall–Kier alpha value is -4.66. The molecule has 0 spiro atoms. The van der Waals surface area contributed by atoms with Crippen LogP contribution < -0.4 is 5.32 Å². The van der Waals surface area contributed by atoms with Gasteiger partial charge in [0.1, 0.15) is 0 Å². The molecule has 1 aromatic heterocycles. The molecule has 4 aromatic rings. The van der Waals surface area contributed by atoms with Gasteiger partial charge in [0.2, 0.25) is 5.91 Å². The summed E-state index contributed by atoms with van der Waals surface area (Å²) in [4.78, 5) is 16.5. The van der Waals surface area contributed by atoms with Crippen molar-refractivity contribution in [3.8, 4) is 11.1 Å². The largest absolute Gasteiger partial charge is 0.416 e. The van der Waals surface area contributed by atoms with E-state index in [1.165, 1.54) is 42.5 Å². The second kappa shape index (κ2) is 11.4. The number of benzene rings is 3. The molecule has 39 heavy (non-hydrogen) atoms. The molecule has 0 radical (unpaired) electrons. The molecule has 0 saturated heterocycles. The van der Waals surface area contributed by atoms with Gasteiger partial charge in [0.05, 0.1) is 11.1 Å². The van der Waals surface area contributed by atoms with Gasteiger partial charge in [-0.15, -0.1) is 0 Å². The van der Waals surface area contributed by atoms with E-state index in [1.54, 1.807) is 30.6 Å². The van der Waals surface area contributed by atoms with Crippen molar-refractivity contribution < 1.29 is 31.1 Å². The van der Waals surface area contributed by atoms with Gasteiger partial charge in [0, 0.05) is 24.2 Å². The lowest BCUT2D eigenvalue weighted by Gasteiger charge is -2.12. The fourth-order valence-electron chi connectivity index (χ4n) is 3.77. The highest BCUT2D eigenvalue weighted by atomic mass is 19.4. The van der Waals surface area contributed by atoms with Gasteiger partial charge in [0.25, 0.3) is 0 Å². The van der Waals surface area contributed by atoms with E-state index in [2.05, 4.69) is 10.3 Å². The number of halogens is 6. The predicted molar refractivity (Wildman–Crippen MR) is 137 cm³/mol. The van der Waals surface area contributed by atoms with E-state index in [1.807, 2.05) is 18.2 Å². The van der Waals surface area contributed by atoms with E-state index in [-0.39, 0.29) is 0 Å². The standard InChI is InChI=1S/C30H20F6N2O/c31-29(32,33)24-11-7-21(8-12-24)27(22-9-13-25(14-10-22)30(34,35)36)5-2-6-28(39)38-26-4-1-3-23(19-26)20-15-17-37-18-16-20/h1-19H,(H,38,39)/b6-2+. The van der Waals surface area contributed by atoms with Gasteiger partial charge in [-0.05, 0) is 76.4 Å². The molecule has 0 aliphatic carbocycles. The molecule has 0 fully saturated rings. The molecule has 3 nitrogen and oxygen atoms in total. The number of aromatic nitrogens is 1. The fourth-order valence-corrected chi connectivity index (χ4v) is 3.77. The summed E-state index contributed by atoms with van der Waals surface area (Å²) in [5.74, 6) is -0.475. The Kier molecular flexibility index (Phi) is 7.99. The topological polar surface area (TPSA) is 42.0 Å². The number of amides is 1. The van der Waals surface area contributed by atoms with Gasteiger partial charge < -0.3 is 5.32 Å². The first-order chi connectivity index (χ1) is 18.5. The lowest BCUT2D eigenvalue weighted by molar-refractivity contribution is -0.138. The van der Waals surface area contributed by atoms with Crippen molar-refractivity contribution in [2.75, 3.05) is 5.32 Å². The molecule has 0 unspecified atom stereocenters. The summed E-state index contributed by atoms with van der Waals surface area (Å²) in [6.07, 6.45) is -1.72. The van der Waals surface area contributed by atoms with Crippen LogP contribution >= 0.6 is 0 Å². The molecule has 1 amide bonds. The van der Waals surface area contributed by atoms with Crippen LogP contribution in [0.1, 0.15) is 22.3 Å². The third-order valence-electron chi connectivity index (χ3n) is 5.70. The summed E-state index contributed by atoms with van der Waals surface area (Å²) in [5, 5.41) is 2.73. The smallest absolute Gasteiger partial charge is 0.322 e. The maximum atomic E-state index is 13.0. The monoisotopic (exact) mass is 538 g/mol. The fraction of sp³-hybridized carbons (Fsp3) is 0.0667. The van der Waals surface area contributed by atoms with Crippen LogP contribution in [0.2, 0.25) is 0 Å². The van der Waals surface area contributed by atoms with Crippen molar-refractivity contribution in [3.63, 3.8) is 0 Å². The Bertz CT molecular complexity index is 1430. The number of alkyl halides is 6. The average molecular weight is 538 g/mol. The molecule has 198 valence electrons. The Morgan fingerprint density at radius 3 is 1.74 bits per heavy atom. The molecule has 1 heterocycles. The molecule has 0 saturated carbocycles. The van der Waals surface area contributed by atoms with E-state index in [4.69, 9.17) is 0 Å². The van der Waals surface area contributed by atoms with Gasteiger partial charge in [-0.2, -0.15) is 26.3 Å². The number of hydrogen-bond acceptors (Lipinski definition) is 2. The van der Waals surface area contributed by atoms with Crippen LogP contribution in [0.5, 0.6) is 0 Å². The summed E-state index contributed by atoms with van der Waals surface area (Å²) < 4.78 is 78.1. The second-order valence-electron chi connectivity index (χ2n) is 8.40. The van der Waals surface area contributed by atoms with Crippen LogP contribution in [0.15, 0.2) is 116 Å². The number of carbonyl (C=O) groups is 1. The quantitative estimate of drug-likeness (QED) is 0.152. The molecule has 0 aliphatic rings. The Labute approximate surface area is 220 Å². The number of hydrogen-bond donors (Lipinski definition) is 1. The third-order valence-corrected chi connectivity index (χ3v) is 5.70. The average Bonchev–Trinajstić information content (AvgIpc) is 2.91. The van der Waals surface area contributed by atoms with E-state index >= 15 is 0 Å². The highest BCUT2D eigenvalue weighted by molar-refractivity contribution is 6.00. The molecule has 3 aromatic carbocycles. The molecule has 4 rings (SSSR count). The van der Waals surface area contributed by atoms with Crippen molar-refractivity contribution >= 4 is 17.2 Å². The Morgan fingerprint density at radius 1 is 0.692 bits per heavy atom. The zero-order chi connectivity index (χ0) is 28.0. The van der Waals surface area contributed by atoms with Crippen molar-refractivity contribution in [2.24, 2.45) is 0 Å². The first kappa shape index (κ1) is 27.4.